The van der Waals surface area contributed by atoms with Crippen LogP contribution in [0, 0.1) is 27.7 Å². The third-order valence-electron chi connectivity index (χ3n) is 3.59. The summed E-state index contributed by atoms with van der Waals surface area (Å²) in [5.74, 6) is 0.909. The van der Waals surface area contributed by atoms with Gasteiger partial charge in [-0.3, -0.25) is 4.79 Å². The van der Waals surface area contributed by atoms with Crippen molar-refractivity contribution in [2.45, 2.75) is 27.7 Å². The first-order valence-corrected chi connectivity index (χ1v) is 7.88. The van der Waals surface area contributed by atoms with E-state index in [4.69, 9.17) is 4.74 Å². The molecule has 1 aromatic carbocycles. The Kier molecular flexibility index (Phi) is 5.87. The molecule has 0 aliphatic rings. The molecule has 1 heterocycles. The molecule has 0 atom stereocenters. The molecule has 2 rings (SSSR count). The van der Waals surface area contributed by atoms with Crippen molar-refractivity contribution in [2.75, 3.05) is 25.6 Å². The Labute approximate surface area is 142 Å². The molecule has 0 bridgehead atoms. The number of nitrogens with zero attached hydrogens (tertiary/aromatic N) is 2. The summed E-state index contributed by atoms with van der Waals surface area (Å²) in [5, 5.41) is 6.08. The predicted molar refractivity (Wildman–Crippen MR) is 94.9 cm³/mol. The van der Waals surface area contributed by atoms with E-state index in [9.17, 15) is 4.79 Å². The molecular formula is C18H24N4O2. The van der Waals surface area contributed by atoms with Crippen LogP contribution in [0.5, 0.6) is 0 Å². The monoisotopic (exact) mass is 328 g/mol. The van der Waals surface area contributed by atoms with Crippen molar-refractivity contribution in [3.63, 3.8) is 0 Å². The van der Waals surface area contributed by atoms with Gasteiger partial charge in [0.2, 0.25) is 0 Å². The number of hydrogen-bond donors (Lipinski definition) is 2. The van der Waals surface area contributed by atoms with Crippen LogP contribution in [0.15, 0.2) is 18.2 Å². The van der Waals surface area contributed by atoms with Crippen LogP contribution in [-0.2, 0) is 4.74 Å². The smallest absolute Gasteiger partial charge is 0.270 e. The molecule has 24 heavy (non-hydrogen) atoms. The van der Waals surface area contributed by atoms with E-state index in [-0.39, 0.29) is 5.91 Å². The van der Waals surface area contributed by atoms with Gasteiger partial charge in [0.05, 0.1) is 6.61 Å². The second kappa shape index (κ2) is 7.88. The normalized spacial score (nSPS) is 10.5. The molecule has 2 N–H and O–H groups in total. The molecule has 6 heteroatoms. The Morgan fingerprint density at radius 2 is 1.75 bits per heavy atom. The van der Waals surface area contributed by atoms with Crippen LogP contribution in [0.2, 0.25) is 0 Å². The number of nitrogens with one attached hydrogen (secondary N) is 2. The van der Waals surface area contributed by atoms with Crippen LogP contribution in [-0.4, -0.2) is 36.1 Å². The summed E-state index contributed by atoms with van der Waals surface area (Å²) in [6.07, 6.45) is 0. The number of aromatic nitrogens is 2. The van der Waals surface area contributed by atoms with Crippen molar-refractivity contribution in [3.05, 3.63) is 46.4 Å². The van der Waals surface area contributed by atoms with Crippen molar-refractivity contribution in [3.8, 4) is 0 Å². The van der Waals surface area contributed by atoms with E-state index in [1.54, 1.807) is 20.1 Å². The Hall–Kier alpha value is -2.47. The molecule has 128 valence electrons. The first-order chi connectivity index (χ1) is 11.4. The van der Waals surface area contributed by atoms with Crippen LogP contribution >= 0.6 is 0 Å². The number of aryl methyl sites for hydroxylation is 4. The molecule has 0 radical (unpaired) electrons. The number of hydrogen-bond acceptors (Lipinski definition) is 5. The maximum absolute atomic E-state index is 12.2. The highest BCUT2D eigenvalue weighted by Gasteiger charge is 2.12. The Morgan fingerprint density at radius 1 is 1.08 bits per heavy atom. The summed E-state index contributed by atoms with van der Waals surface area (Å²) in [6, 6.07) is 5.89. The number of methoxy groups -OCH3 is 1. The van der Waals surface area contributed by atoms with E-state index in [1.807, 2.05) is 0 Å². The van der Waals surface area contributed by atoms with Gasteiger partial charge < -0.3 is 15.4 Å². The lowest BCUT2D eigenvalue weighted by atomic mass is 10.1. The Bertz CT molecular complexity index is 721. The minimum atomic E-state index is -0.238. The molecule has 0 fully saturated rings. The van der Waals surface area contributed by atoms with Gasteiger partial charge in [0.15, 0.2) is 0 Å². The van der Waals surface area contributed by atoms with Gasteiger partial charge in [0.25, 0.3) is 5.91 Å². The molecule has 0 aliphatic carbocycles. The van der Waals surface area contributed by atoms with Crippen LogP contribution in [0.1, 0.15) is 33.0 Å². The maximum Gasteiger partial charge on any atom is 0.270 e. The lowest BCUT2D eigenvalue weighted by Gasteiger charge is -2.14. The molecule has 1 aromatic heterocycles. The molecule has 0 spiro atoms. The zero-order valence-corrected chi connectivity index (χ0v) is 14.9. The third kappa shape index (κ3) is 4.52. The summed E-state index contributed by atoms with van der Waals surface area (Å²) in [7, 11) is 1.59. The number of ether oxygens (including phenoxy) is 1. The van der Waals surface area contributed by atoms with Gasteiger partial charge >= 0.3 is 0 Å². The lowest BCUT2D eigenvalue weighted by Crippen LogP contribution is -2.28. The highest BCUT2D eigenvalue weighted by Crippen LogP contribution is 2.25. The van der Waals surface area contributed by atoms with E-state index in [2.05, 4.69) is 53.5 Å². The summed E-state index contributed by atoms with van der Waals surface area (Å²) >= 11 is 0. The summed E-state index contributed by atoms with van der Waals surface area (Å²) in [5.41, 5.74) is 4.82. The van der Waals surface area contributed by atoms with Gasteiger partial charge in [0, 0.05) is 25.4 Å². The van der Waals surface area contributed by atoms with E-state index in [0.717, 1.165) is 16.8 Å². The maximum atomic E-state index is 12.2. The highest BCUT2D eigenvalue weighted by atomic mass is 16.5. The van der Waals surface area contributed by atoms with Gasteiger partial charge in [-0.1, -0.05) is 17.7 Å². The minimum absolute atomic E-state index is 0.238. The zero-order valence-electron chi connectivity index (χ0n) is 14.9. The fourth-order valence-corrected chi connectivity index (χ4v) is 2.61. The van der Waals surface area contributed by atoms with E-state index in [0.29, 0.717) is 30.5 Å². The molecule has 1 amide bonds. The van der Waals surface area contributed by atoms with Crippen molar-refractivity contribution >= 4 is 17.4 Å². The summed E-state index contributed by atoms with van der Waals surface area (Å²) in [6.45, 7) is 8.84. The summed E-state index contributed by atoms with van der Waals surface area (Å²) < 4.78 is 4.93. The number of amides is 1. The standard InChI is InChI=1S/C18H24N4O2/c1-11-8-12(2)17(13(3)9-11)22-16-10-15(20-14(4)21-16)18(23)19-6-7-24-5/h8-10H,6-7H2,1-5H3,(H,19,23)(H,20,21,22). The number of anilines is 2. The average molecular weight is 328 g/mol. The number of carbonyl (C=O) groups excluding carboxylic acids is 1. The van der Waals surface area contributed by atoms with Crippen molar-refractivity contribution < 1.29 is 9.53 Å². The van der Waals surface area contributed by atoms with E-state index >= 15 is 0 Å². The molecule has 0 saturated carbocycles. The van der Waals surface area contributed by atoms with Crippen molar-refractivity contribution in [2.24, 2.45) is 0 Å². The van der Waals surface area contributed by atoms with Gasteiger partial charge in [0.1, 0.15) is 17.3 Å². The van der Waals surface area contributed by atoms with Gasteiger partial charge in [-0.15, -0.1) is 0 Å². The fourth-order valence-electron chi connectivity index (χ4n) is 2.61. The molecular weight excluding hydrogens is 304 g/mol. The molecule has 2 aromatic rings. The predicted octanol–water partition coefficient (Wildman–Crippen LogP) is 2.83. The molecule has 0 saturated heterocycles. The first-order valence-electron chi connectivity index (χ1n) is 7.88. The topological polar surface area (TPSA) is 76.1 Å². The van der Waals surface area contributed by atoms with Gasteiger partial charge in [-0.25, -0.2) is 9.97 Å². The Morgan fingerprint density at radius 3 is 2.38 bits per heavy atom. The number of rotatable bonds is 6. The van der Waals surface area contributed by atoms with Crippen LogP contribution in [0.3, 0.4) is 0 Å². The molecule has 0 aliphatic heterocycles. The first kappa shape index (κ1) is 17.9. The zero-order chi connectivity index (χ0) is 17.7. The SMILES string of the molecule is COCCNC(=O)c1cc(Nc2c(C)cc(C)cc2C)nc(C)n1. The van der Waals surface area contributed by atoms with E-state index < -0.39 is 0 Å². The lowest BCUT2D eigenvalue weighted by molar-refractivity contribution is 0.0932. The quantitative estimate of drug-likeness (QED) is 0.798. The van der Waals surface area contributed by atoms with Crippen molar-refractivity contribution in [1.82, 2.24) is 15.3 Å². The fraction of sp³-hybridized carbons (Fsp3) is 0.389. The van der Waals surface area contributed by atoms with Crippen molar-refractivity contribution in [1.29, 1.82) is 0 Å². The van der Waals surface area contributed by atoms with Crippen LogP contribution in [0.4, 0.5) is 11.5 Å². The van der Waals surface area contributed by atoms with Gasteiger partial charge in [-0.2, -0.15) is 0 Å². The largest absolute Gasteiger partial charge is 0.383 e. The second-order valence-electron chi connectivity index (χ2n) is 5.83. The minimum Gasteiger partial charge on any atom is -0.383 e. The third-order valence-corrected chi connectivity index (χ3v) is 3.59. The van der Waals surface area contributed by atoms with E-state index in [1.165, 1.54) is 5.56 Å². The molecule has 0 unspecified atom stereocenters. The average Bonchev–Trinajstić information content (AvgIpc) is 2.50. The number of carbonyl (C=O) groups is 1. The Balaban J connectivity index is 2.24. The highest BCUT2D eigenvalue weighted by molar-refractivity contribution is 5.93. The van der Waals surface area contributed by atoms with Crippen LogP contribution < -0.4 is 10.6 Å². The summed E-state index contributed by atoms with van der Waals surface area (Å²) in [4.78, 5) is 20.8. The van der Waals surface area contributed by atoms with Gasteiger partial charge in [-0.05, 0) is 38.8 Å². The van der Waals surface area contributed by atoms with Crippen LogP contribution in [0.25, 0.3) is 0 Å². The second-order valence-corrected chi connectivity index (χ2v) is 5.83. The molecule has 6 nitrogen and oxygen atoms in total. The number of benzene rings is 1.